The van der Waals surface area contributed by atoms with Gasteiger partial charge in [-0.1, -0.05) is 6.92 Å². The Bertz CT molecular complexity index is 215. The van der Waals surface area contributed by atoms with Gasteiger partial charge in [0.15, 0.2) is 0 Å². The van der Waals surface area contributed by atoms with Gasteiger partial charge in [0.1, 0.15) is 5.78 Å². The van der Waals surface area contributed by atoms with Crippen LogP contribution >= 0.6 is 0 Å². The van der Waals surface area contributed by atoms with Crippen LogP contribution < -0.4 is 0 Å². The summed E-state index contributed by atoms with van der Waals surface area (Å²) >= 11 is 0. The first kappa shape index (κ1) is 10.2. The van der Waals surface area contributed by atoms with Gasteiger partial charge in [0.05, 0.1) is 6.54 Å². The maximum atomic E-state index is 11.3. The van der Waals surface area contributed by atoms with Crippen LogP contribution in [0.3, 0.4) is 0 Å². The van der Waals surface area contributed by atoms with Crippen molar-refractivity contribution in [2.75, 3.05) is 19.6 Å². The predicted octanol–water partition coefficient (Wildman–Crippen LogP) is 0.372. The fraction of sp³-hybridized carbons (Fsp3) is 0.778. The zero-order valence-electron chi connectivity index (χ0n) is 7.82. The zero-order chi connectivity index (χ0) is 9.84. The minimum atomic E-state index is -0.816. The summed E-state index contributed by atoms with van der Waals surface area (Å²) in [6.07, 6.45) is 1.32. The number of nitrogens with zero attached hydrogens (tertiary/aromatic N) is 1. The van der Waals surface area contributed by atoms with Crippen LogP contribution in [0.4, 0.5) is 0 Å². The van der Waals surface area contributed by atoms with Gasteiger partial charge in [-0.3, -0.25) is 14.5 Å². The van der Waals surface area contributed by atoms with Gasteiger partial charge in [-0.15, -0.1) is 0 Å². The lowest BCUT2D eigenvalue weighted by Gasteiger charge is -2.29. The summed E-state index contributed by atoms with van der Waals surface area (Å²) in [5.41, 5.74) is 0. The van der Waals surface area contributed by atoms with Crippen LogP contribution in [0.25, 0.3) is 0 Å². The summed E-state index contributed by atoms with van der Waals surface area (Å²) in [6, 6.07) is 0. The number of hydrogen-bond donors (Lipinski definition) is 1. The minimum Gasteiger partial charge on any atom is -0.480 e. The average molecular weight is 185 g/mol. The van der Waals surface area contributed by atoms with Crippen molar-refractivity contribution in [2.45, 2.75) is 19.8 Å². The second-order valence-corrected chi connectivity index (χ2v) is 3.45. The van der Waals surface area contributed by atoms with E-state index in [2.05, 4.69) is 0 Å². The highest BCUT2D eigenvalue weighted by atomic mass is 16.4. The quantitative estimate of drug-likeness (QED) is 0.690. The molecule has 0 amide bonds. The van der Waals surface area contributed by atoms with Gasteiger partial charge in [-0.05, 0) is 6.42 Å². The third kappa shape index (κ3) is 2.81. The highest BCUT2D eigenvalue weighted by Crippen LogP contribution is 2.15. The molecule has 1 saturated heterocycles. The maximum absolute atomic E-state index is 11.3. The van der Waals surface area contributed by atoms with E-state index >= 15 is 0 Å². The van der Waals surface area contributed by atoms with Gasteiger partial charge in [-0.25, -0.2) is 0 Å². The number of rotatable bonds is 3. The average Bonchev–Trinajstić information content (AvgIpc) is 2.07. The predicted molar refractivity (Wildman–Crippen MR) is 47.5 cm³/mol. The summed E-state index contributed by atoms with van der Waals surface area (Å²) in [4.78, 5) is 23.5. The fourth-order valence-electron chi connectivity index (χ4n) is 1.67. The molecule has 1 unspecified atom stereocenters. The smallest absolute Gasteiger partial charge is 0.317 e. The summed E-state index contributed by atoms with van der Waals surface area (Å²) in [5.74, 6) is -0.485. The normalized spacial score (nSPS) is 24.7. The molecule has 0 aromatic rings. The van der Waals surface area contributed by atoms with E-state index in [1.54, 1.807) is 0 Å². The molecule has 0 radical (unpaired) electrons. The Morgan fingerprint density at radius 1 is 1.69 bits per heavy atom. The molecule has 0 aromatic carbocycles. The Hall–Kier alpha value is -0.900. The number of piperidine rings is 1. The van der Waals surface area contributed by atoms with E-state index in [0.29, 0.717) is 19.5 Å². The number of Topliss-reactive ketones (excluding diaryl/α,β-unsaturated/α-hetero) is 1. The van der Waals surface area contributed by atoms with Crippen molar-refractivity contribution in [3.8, 4) is 0 Å². The molecule has 1 fully saturated rings. The van der Waals surface area contributed by atoms with Crippen LogP contribution in [0, 0.1) is 5.92 Å². The lowest BCUT2D eigenvalue weighted by atomic mass is 9.94. The number of aliphatic carboxylic acids is 1. The monoisotopic (exact) mass is 185 g/mol. The highest BCUT2D eigenvalue weighted by molar-refractivity contribution is 5.82. The van der Waals surface area contributed by atoms with E-state index in [9.17, 15) is 9.59 Å². The number of hydrogen-bond acceptors (Lipinski definition) is 3. The van der Waals surface area contributed by atoms with Crippen LogP contribution in [-0.2, 0) is 9.59 Å². The molecule has 0 aliphatic carbocycles. The highest BCUT2D eigenvalue weighted by Gasteiger charge is 2.26. The Kier molecular flexibility index (Phi) is 3.42. The third-order valence-corrected chi connectivity index (χ3v) is 2.46. The molecule has 1 heterocycles. The topological polar surface area (TPSA) is 57.6 Å². The van der Waals surface area contributed by atoms with Crippen molar-refractivity contribution in [2.24, 2.45) is 5.92 Å². The summed E-state index contributed by atoms with van der Waals surface area (Å²) in [7, 11) is 0. The number of carboxylic acids is 1. The second-order valence-electron chi connectivity index (χ2n) is 3.45. The SMILES string of the molecule is CCC1CN(CC(=O)O)CCC1=O. The van der Waals surface area contributed by atoms with Gasteiger partial charge < -0.3 is 5.11 Å². The molecule has 4 nitrogen and oxygen atoms in total. The van der Waals surface area contributed by atoms with E-state index in [1.807, 2.05) is 11.8 Å². The Morgan fingerprint density at radius 2 is 2.38 bits per heavy atom. The van der Waals surface area contributed by atoms with Crippen molar-refractivity contribution in [3.05, 3.63) is 0 Å². The van der Waals surface area contributed by atoms with Crippen molar-refractivity contribution in [1.29, 1.82) is 0 Å². The van der Waals surface area contributed by atoms with E-state index in [1.165, 1.54) is 0 Å². The number of carbonyl (C=O) groups excluding carboxylic acids is 1. The first-order valence-corrected chi connectivity index (χ1v) is 4.60. The number of carboxylic acid groups (broad SMARTS) is 1. The van der Waals surface area contributed by atoms with Crippen molar-refractivity contribution in [1.82, 2.24) is 4.90 Å². The third-order valence-electron chi connectivity index (χ3n) is 2.46. The van der Waals surface area contributed by atoms with E-state index < -0.39 is 5.97 Å². The standard InChI is InChI=1S/C9H15NO3/c1-2-7-5-10(6-9(12)13)4-3-8(7)11/h7H,2-6H2,1H3,(H,12,13). The van der Waals surface area contributed by atoms with Gasteiger partial charge in [0.25, 0.3) is 0 Å². The van der Waals surface area contributed by atoms with Crippen molar-refractivity contribution in [3.63, 3.8) is 0 Å². The van der Waals surface area contributed by atoms with Crippen LogP contribution in [0.15, 0.2) is 0 Å². The zero-order valence-corrected chi connectivity index (χ0v) is 7.82. The van der Waals surface area contributed by atoms with Crippen molar-refractivity contribution >= 4 is 11.8 Å². The Morgan fingerprint density at radius 3 is 2.92 bits per heavy atom. The van der Waals surface area contributed by atoms with Crippen LogP contribution in [0.5, 0.6) is 0 Å². The number of likely N-dealkylation sites (tertiary alicyclic amines) is 1. The lowest BCUT2D eigenvalue weighted by molar-refractivity contribution is -0.140. The largest absolute Gasteiger partial charge is 0.480 e. The molecule has 0 bridgehead atoms. The van der Waals surface area contributed by atoms with Gasteiger partial charge in [0.2, 0.25) is 0 Å². The summed E-state index contributed by atoms with van der Waals surface area (Å²) in [5, 5.41) is 8.56. The summed E-state index contributed by atoms with van der Waals surface area (Å²) < 4.78 is 0. The van der Waals surface area contributed by atoms with E-state index in [4.69, 9.17) is 5.11 Å². The Balaban J connectivity index is 2.44. The second kappa shape index (κ2) is 4.37. The molecule has 1 aliphatic heterocycles. The Labute approximate surface area is 77.5 Å². The molecule has 0 spiro atoms. The molecule has 74 valence electrons. The molecule has 1 rings (SSSR count). The van der Waals surface area contributed by atoms with E-state index in [-0.39, 0.29) is 18.2 Å². The number of carbonyl (C=O) groups is 2. The van der Waals surface area contributed by atoms with Crippen LogP contribution in [0.1, 0.15) is 19.8 Å². The molecule has 1 N–H and O–H groups in total. The summed E-state index contributed by atoms with van der Waals surface area (Å²) in [6.45, 7) is 3.24. The molecule has 1 atom stereocenters. The van der Waals surface area contributed by atoms with E-state index in [0.717, 1.165) is 6.42 Å². The lowest BCUT2D eigenvalue weighted by Crippen LogP contribution is -2.42. The van der Waals surface area contributed by atoms with Gasteiger partial charge in [0, 0.05) is 25.4 Å². The molecular weight excluding hydrogens is 170 g/mol. The first-order valence-electron chi connectivity index (χ1n) is 4.60. The molecule has 1 aliphatic rings. The molecular formula is C9H15NO3. The molecule has 0 aromatic heterocycles. The number of ketones is 1. The molecule has 0 saturated carbocycles. The maximum Gasteiger partial charge on any atom is 0.317 e. The molecule has 4 heteroatoms. The van der Waals surface area contributed by atoms with Crippen molar-refractivity contribution < 1.29 is 14.7 Å². The van der Waals surface area contributed by atoms with Crippen LogP contribution in [0.2, 0.25) is 0 Å². The molecule has 13 heavy (non-hydrogen) atoms. The first-order chi connectivity index (χ1) is 6.13. The minimum absolute atomic E-state index is 0.0492. The van der Waals surface area contributed by atoms with Gasteiger partial charge >= 0.3 is 5.97 Å². The van der Waals surface area contributed by atoms with Gasteiger partial charge in [-0.2, -0.15) is 0 Å². The van der Waals surface area contributed by atoms with Crippen LogP contribution in [-0.4, -0.2) is 41.4 Å². The fourth-order valence-corrected chi connectivity index (χ4v) is 1.67.